The van der Waals surface area contributed by atoms with Crippen LogP contribution >= 0.6 is 0 Å². The molecule has 0 saturated heterocycles. The van der Waals surface area contributed by atoms with Gasteiger partial charge in [-0.1, -0.05) is 24.3 Å². The van der Waals surface area contributed by atoms with Gasteiger partial charge in [-0.2, -0.15) is 0 Å². The van der Waals surface area contributed by atoms with E-state index in [0.29, 0.717) is 97.7 Å². The quantitative estimate of drug-likeness (QED) is 0.0275. The summed E-state index contributed by atoms with van der Waals surface area (Å²) in [5.74, 6) is 1.46. The van der Waals surface area contributed by atoms with Crippen molar-refractivity contribution in [2.45, 2.75) is 79.1 Å². The number of nitrogens with one attached hydrogen (secondary N) is 4. The second-order valence-electron chi connectivity index (χ2n) is 21.7. The van der Waals surface area contributed by atoms with Crippen molar-refractivity contribution in [3.63, 3.8) is 0 Å². The van der Waals surface area contributed by atoms with Crippen LogP contribution in [0.1, 0.15) is 74.1 Å². The summed E-state index contributed by atoms with van der Waals surface area (Å²) in [6.45, 7) is 11.2. The van der Waals surface area contributed by atoms with Crippen LogP contribution < -0.4 is 31.1 Å². The standard InChI is InChI=1S/C68H72N14O8/c1-45-13-17-51-25-33-57(73-61(51)69-45)77-65(83)87-41-9-5-37-81(38-6-10-42-88-66(84)78-58-34-26-52-18-14-46(2)70-62(52)74-58)55-29-21-49(22-30-55)50-23-31-56(32-24-50)82(39-7-11-43-89-67(85)79-59-35-27-53-19-15-47(3)71-63(53)75-59)40-8-12-44-90-68(86)80-60-36-28-54-20-16-48(4)72-64(54)76-60/h13-36H,5-12,37-44H2,1-4H3,(H,69,73,77,83)(H,70,74,78,84)(H,71,75,79,85)(H,72,76,80,86). The number of ether oxygens (including phenoxy) is 4. The third-order valence-corrected chi connectivity index (χ3v) is 14.7. The van der Waals surface area contributed by atoms with E-state index in [1.54, 1.807) is 24.3 Å². The highest BCUT2D eigenvalue weighted by Crippen LogP contribution is 2.28. The number of carbonyl (C=O) groups is 4. The molecule has 22 heteroatoms. The summed E-state index contributed by atoms with van der Waals surface area (Å²) in [7, 11) is 0. The van der Waals surface area contributed by atoms with Crippen LogP contribution in [0, 0.1) is 27.7 Å². The number of pyridine rings is 8. The number of amides is 4. The average molecular weight is 1210 g/mol. The van der Waals surface area contributed by atoms with Crippen molar-refractivity contribution in [1.29, 1.82) is 0 Å². The highest BCUT2D eigenvalue weighted by Gasteiger charge is 2.15. The molecule has 8 aromatic heterocycles. The number of aryl methyl sites for hydroxylation is 4. The first-order valence-electron chi connectivity index (χ1n) is 30.3. The normalized spacial score (nSPS) is 11.1. The van der Waals surface area contributed by atoms with Crippen molar-refractivity contribution in [2.24, 2.45) is 0 Å². The van der Waals surface area contributed by atoms with Gasteiger partial charge in [0.15, 0.2) is 22.6 Å². The van der Waals surface area contributed by atoms with E-state index < -0.39 is 24.4 Å². The Morgan fingerprint density at radius 3 is 0.778 bits per heavy atom. The first-order chi connectivity index (χ1) is 43.8. The van der Waals surface area contributed by atoms with Gasteiger partial charge in [-0.05, 0) is 212 Å². The number of anilines is 6. The molecule has 22 nitrogen and oxygen atoms in total. The number of aromatic nitrogens is 8. The summed E-state index contributed by atoms with van der Waals surface area (Å²) in [6, 6.07) is 46.6. The summed E-state index contributed by atoms with van der Waals surface area (Å²) in [5.41, 5.74) is 9.63. The van der Waals surface area contributed by atoms with E-state index in [2.05, 4.69) is 119 Å². The summed E-state index contributed by atoms with van der Waals surface area (Å²) < 4.78 is 22.2. The van der Waals surface area contributed by atoms with Crippen LogP contribution in [0.4, 0.5) is 53.8 Å². The molecule has 4 amide bonds. The molecule has 0 fully saturated rings. The average Bonchev–Trinajstić information content (AvgIpc) is 2.48. The Labute approximate surface area is 521 Å². The van der Waals surface area contributed by atoms with Gasteiger partial charge in [-0.15, -0.1) is 0 Å². The van der Waals surface area contributed by atoms with Gasteiger partial charge in [-0.25, -0.2) is 59.0 Å². The fourth-order valence-corrected chi connectivity index (χ4v) is 9.96. The Morgan fingerprint density at radius 1 is 0.300 bits per heavy atom. The van der Waals surface area contributed by atoms with Gasteiger partial charge >= 0.3 is 24.4 Å². The van der Waals surface area contributed by atoms with E-state index in [0.717, 1.165) is 92.5 Å². The third kappa shape index (κ3) is 18.2. The Balaban J connectivity index is 0.736. The van der Waals surface area contributed by atoms with E-state index in [4.69, 9.17) is 18.9 Å². The largest absolute Gasteiger partial charge is 0.449 e. The molecular weight excluding hydrogens is 1140 g/mol. The van der Waals surface area contributed by atoms with Gasteiger partial charge < -0.3 is 28.7 Å². The zero-order chi connectivity index (χ0) is 62.6. The van der Waals surface area contributed by atoms with Crippen molar-refractivity contribution in [1.82, 2.24) is 39.9 Å². The van der Waals surface area contributed by atoms with Gasteiger partial charge in [-0.3, -0.25) is 21.3 Å². The molecule has 462 valence electrons. The summed E-state index contributed by atoms with van der Waals surface area (Å²) in [5, 5.41) is 14.4. The highest BCUT2D eigenvalue weighted by atomic mass is 16.6. The van der Waals surface area contributed by atoms with Crippen molar-refractivity contribution in [2.75, 3.05) is 83.7 Å². The molecular formula is C68H72N14O8. The lowest BCUT2D eigenvalue weighted by molar-refractivity contribution is 0.158. The molecule has 0 saturated carbocycles. The molecule has 0 radical (unpaired) electrons. The van der Waals surface area contributed by atoms with Crippen LogP contribution in [0.2, 0.25) is 0 Å². The minimum Gasteiger partial charge on any atom is -0.449 e. The second-order valence-corrected chi connectivity index (χ2v) is 21.7. The molecule has 8 heterocycles. The number of fused-ring (bicyclic) bond motifs is 4. The van der Waals surface area contributed by atoms with Crippen molar-refractivity contribution >= 4 is 103 Å². The number of carbonyl (C=O) groups excluding carboxylic acids is 4. The Bertz CT molecular complexity index is 3640. The van der Waals surface area contributed by atoms with Crippen LogP contribution in [-0.2, 0) is 18.9 Å². The van der Waals surface area contributed by atoms with Gasteiger partial charge in [0.2, 0.25) is 0 Å². The molecule has 0 spiro atoms. The van der Waals surface area contributed by atoms with E-state index in [-0.39, 0.29) is 26.4 Å². The van der Waals surface area contributed by atoms with E-state index in [9.17, 15) is 19.2 Å². The molecule has 0 aliphatic carbocycles. The predicted molar refractivity (Wildman–Crippen MR) is 350 cm³/mol. The first-order valence-corrected chi connectivity index (χ1v) is 30.3. The summed E-state index contributed by atoms with van der Waals surface area (Å²) in [4.78, 5) is 91.4. The van der Waals surface area contributed by atoms with Crippen LogP contribution in [0.15, 0.2) is 146 Å². The molecule has 0 bridgehead atoms. The lowest BCUT2D eigenvalue weighted by atomic mass is 10.0. The number of hydrogen-bond acceptors (Lipinski definition) is 18. The van der Waals surface area contributed by atoms with Gasteiger partial charge in [0.1, 0.15) is 23.3 Å². The van der Waals surface area contributed by atoms with Crippen LogP contribution in [0.3, 0.4) is 0 Å². The summed E-state index contributed by atoms with van der Waals surface area (Å²) in [6.07, 6.45) is 3.12. The number of hydrogen-bond donors (Lipinski definition) is 4. The number of unbranched alkanes of at least 4 members (excludes halogenated alkanes) is 4. The molecule has 10 aromatic rings. The smallest absolute Gasteiger partial charge is 0.412 e. The van der Waals surface area contributed by atoms with Crippen LogP contribution in [-0.4, -0.2) is 117 Å². The molecule has 0 aliphatic heterocycles. The fourth-order valence-electron chi connectivity index (χ4n) is 9.96. The van der Waals surface area contributed by atoms with Crippen molar-refractivity contribution < 1.29 is 38.1 Å². The van der Waals surface area contributed by atoms with Crippen LogP contribution in [0.5, 0.6) is 0 Å². The number of benzene rings is 2. The highest BCUT2D eigenvalue weighted by molar-refractivity contribution is 5.89. The van der Waals surface area contributed by atoms with E-state index >= 15 is 0 Å². The van der Waals surface area contributed by atoms with Gasteiger partial charge in [0, 0.05) is 81.9 Å². The Morgan fingerprint density at radius 2 is 0.533 bits per heavy atom. The minimum absolute atomic E-state index is 0.217. The molecule has 90 heavy (non-hydrogen) atoms. The SMILES string of the molecule is Cc1ccc2ccc(NC(=O)OCCCCN(CCCCOC(=O)Nc3ccc4ccc(C)nc4n3)c3ccc(-c4ccc(N(CCCCOC(=O)Nc5ccc6ccc(C)nc6n5)CCCCOC(=O)Nc5ccc6ccc(C)nc6n5)cc4)cc3)nc2n1. The van der Waals surface area contributed by atoms with Crippen molar-refractivity contribution in [3.8, 4) is 11.1 Å². The third-order valence-electron chi connectivity index (χ3n) is 14.7. The molecule has 0 atom stereocenters. The zero-order valence-corrected chi connectivity index (χ0v) is 50.9. The lowest BCUT2D eigenvalue weighted by Crippen LogP contribution is -2.26. The number of nitrogens with zero attached hydrogens (tertiary/aromatic N) is 10. The fraction of sp³-hybridized carbons (Fsp3) is 0.294. The lowest BCUT2D eigenvalue weighted by Gasteiger charge is -2.26. The monoisotopic (exact) mass is 1210 g/mol. The Hall–Kier alpha value is -10.6. The zero-order valence-electron chi connectivity index (χ0n) is 50.9. The number of rotatable bonds is 27. The van der Waals surface area contributed by atoms with E-state index in [1.165, 1.54) is 0 Å². The maximum Gasteiger partial charge on any atom is 0.412 e. The Kier molecular flexibility index (Phi) is 21.4. The molecule has 4 N–H and O–H groups in total. The summed E-state index contributed by atoms with van der Waals surface area (Å²) >= 11 is 0. The molecule has 0 unspecified atom stereocenters. The second kappa shape index (κ2) is 30.8. The minimum atomic E-state index is -0.586. The maximum absolute atomic E-state index is 12.8. The first kappa shape index (κ1) is 62.4. The van der Waals surface area contributed by atoms with Gasteiger partial charge in [0.05, 0.1) is 26.4 Å². The predicted octanol–water partition coefficient (Wildman–Crippen LogP) is 14.1. The van der Waals surface area contributed by atoms with Crippen molar-refractivity contribution in [3.05, 3.63) is 168 Å². The van der Waals surface area contributed by atoms with Gasteiger partial charge in [0.25, 0.3) is 0 Å². The molecule has 2 aromatic carbocycles. The molecule has 10 rings (SSSR count). The van der Waals surface area contributed by atoms with E-state index in [1.807, 2.05) is 100 Å². The maximum atomic E-state index is 12.8. The molecule has 0 aliphatic rings. The van der Waals surface area contributed by atoms with Crippen LogP contribution in [0.25, 0.3) is 55.3 Å². The topological polar surface area (TPSA) is 263 Å².